The Balaban J connectivity index is 2.01. The van der Waals surface area contributed by atoms with E-state index in [-0.39, 0.29) is 10.6 Å². The number of hydrogen-bond donors (Lipinski definition) is 1. The van der Waals surface area contributed by atoms with Gasteiger partial charge in [0.2, 0.25) is 0 Å². The Morgan fingerprint density at radius 1 is 1.45 bits per heavy atom. The third-order valence-electron chi connectivity index (χ3n) is 2.71. The molecule has 0 amide bonds. The molecule has 106 valence electrons. The Hall–Kier alpha value is -2.08. The lowest BCUT2D eigenvalue weighted by molar-refractivity contribution is 0.633. The van der Waals surface area contributed by atoms with Gasteiger partial charge in [-0.2, -0.15) is 10.2 Å². The Kier molecular flexibility index (Phi) is 4.57. The predicted octanol–water partition coefficient (Wildman–Crippen LogP) is 1.70. The number of allylic oxidation sites excluding steroid dienone is 1. The van der Waals surface area contributed by atoms with Crippen LogP contribution in [0.1, 0.15) is 5.56 Å². The van der Waals surface area contributed by atoms with Crippen molar-refractivity contribution in [2.45, 2.75) is 20.0 Å². The van der Waals surface area contributed by atoms with Crippen molar-refractivity contribution in [3.05, 3.63) is 52.2 Å². The summed E-state index contributed by atoms with van der Waals surface area (Å²) >= 11 is 6.03. The zero-order valence-electron chi connectivity index (χ0n) is 11.2. The molecule has 0 aliphatic rings. The third kappa shape index (κ3) is 3.27. The molecule has 20 heavy (non-hydrogen) atoms. The number of nitrogens with zero attached hydrogens (tertiary/aromatic N) is 4. The highest BCUT2D eigenvalue weighted by Gasteiger charge is 2.08. The molecule has 0 aliphatic heterocycles. The summed E-state index contributed by atoms with van der Waals surface area (Å²) in [6.07, 6.45) is 6.88. The molecule has 2 aromatic heterocycles. The highest BCUT2D eigenvalue weighted by atomic mass is 35.5. The zero-order chi connectivity index (χ0) is 14.5. The smallest absolute Gasteiger partial charge is 0.287 e. The van der Waals surface area contributed by atoms with Crippen molar-refractivity contribution in [2.75, 3.05) is 11.9 Å². The molecule has 0 fully saturated rings. The van der Waals surface area contributed by atoms with Crippen LogP contribution in [-0.2, 0) is 13.1 Å². The normalized spacial score (nSPS) is 10.5. The summed E-state index contributed by atoms with van der Waals surface area (Å²) in [5.74, 6) is 0. The molecular weight excluding hydrogens is 278 g/mol. The number of aryl methyl sites for hydroxylation is 1. The highest BCUT2D eigenvalue weighted by Crippen LogP contribution is 2.14. The number of hydrogen-bond acceptors (Lipinski definition) is 4. The van der Waals surface area contributed by atoms with Crippen LogP contribution in [0.3, 0.4) is 0 Å². The maximum atomic E-state index is 11.9. The van der Waals surface area contributed by atoms with Gasteiger partial charge in [0.05, 0.1) is 31.2 Å². The number of halogens is 1. The molecule has 2 rings (SSSR count). The van der Waals surface area contributed by atoms with E-state index in [1.807, 2.05) is 17.8 Å². The van der Waals surface area contributed by atoms with Crippen molar-refractivity contribution in [3.8, 4) is 0 Å². The van der Waals surface area contributed by atoms with Gasteiger partial charge in [0, 0.05) is 12.7 Å². The maximum absolute atomic E-state index is 11.9. The Labute approximate surface area is 121 Å². The van der Waals surface area contributed by atoms with Gasteiger partial charge in [0.25, 0.3) is 5.56 Å². The van der Waals surface area contributed by atoms with E-state index < -0.39 is 0 Å². The second-order valence-corrected chi connectivity index (χ2v) is 4.73. The molecule has 2 aromatic rings. The first kappa shape index (κ1) is 14.3. The topological polar surface area (TPSA) is 64.7 Å². The first-order valence-electron chi connectivity index (χ1n) is 6.21. The van der Waals surface area contributed by atoms with E-state index in [0.717, 1.165) is 5.56 Å². The van der Waals surface area contributed by atoms with Crippen molar-refractivity contribution in [1.82, 2.24) is 19.6 Å². The van der Waals surface area contributed by atoms with E-state index in [9.17, 15) is 4.79 Å². The molecule has 0 saturated heterocycles. The molecule has 0 saturated carbocycles. The van der Waals surface area contributed by atoms with Crippen LogP contribution in [0.5, 0.6) is 0 Å². The standard InChI is InChI=1S/C13H16ClN5O/c1-3-5-19-13(20)12(14)11(8-17-19)15-4-6-18-9-10(2)7-16-18/h3,7-9,15H,1,4-6H2,2H3. The average Bonchev–Trinajstić information content (AvgIpc) is 2.84. The van der Waals surface area contributed by atoms with Crippen LogP contribution >= 0.6 is 11.6 Å². The lowest BCUT2D eigenvalue weighted by atomic mass is 10.4. The van der Waals surface area contributed by atoms with Crippen LogP contribution in [0, 0.1) is 6.92 Å². The summed E-state index contributed by atoms with van der Waals surface area (Å²) in [5.41, 5.74) is 1.31. The minimum absolute atomic E-state index is 0.137. The fourth-order valence-corrected chi connectivity index (χ4v) is 1.95. The minimum Gasteiger partial charge on any atom is -0.381 e. The third-order valence-corrected chi connectivity index (χ3v) is 3.07. The predicted molar refractivity (Wildman–Crippen MR) is 79.2 cm³/mol. The van der Waals surface area contributed by atoms with Crippen LogP contribution in [0.4, 0.5) is 5.69 Å². The van der Waals surface area contributed by atoms with Crippen LogP contribution < -0.4 is 10.9 Å². The molecule has 2 heterocycles. The molecule has 7 heteroatoms. The maximum Gasteiger partial charge on any atom is 0.287 e. The van der Waals surface area contributed by atoms with Gasteiger partial charge in [-0.3, -0.25) is 9.48 Å². The van der Waals surface area contributed by atoms with Crippen molar-refractivity contribution in [2.24, 2.45) is 0 Å². The Bertz CT molecular complexity index is 661. The number of rotatable bonds is 6. The molecule has 0 bridgehead atoms. The van der Waals surface area contributed by atoms with Crippen LogP contribution in [0.15, 0.2) is 36.0 Å². The highest BCUT2D eigenvalue weighted by molar-refractivity contribution is 6.32. The molecular formula is C13H16ClN5O. The van der Waals surface area contributed by atoms with Crippen LogP contribution in [0.25, 0.3) is 0 Å². The van der Waals surface area contributed by atoms with E-state index in [2.05, 4.69) is 22.1 Å². The molecule has 0 unspecified atom stereocenters. The van der Waals surface area contributed by atoms with Gasteiger partial charge < -0.3 is 5.32 Å². The van der Waals surface area contributed by atoms with Crippen molar-refractivity contribution >= 4 is 17.3 Å². The largest absolute Gasteiger partial charge is 0.381 e. The van der Waals surface area contributed by atoms with Crippen LogP contribution in [0.2, 0.25) is 5.02 Å². The average molecular weight is 294 g/mol. The van der Waals surface area contributed by atoms with E-state index >= 15 is 0 Å². The molecule has 1 N–H and O–H groups in total. The van der Waals surface area contributed by atoms with Crippen molar-refractivity contribution in [1.29, 1.82) is 0 Å². The SMILES string of the molecule is C=CCn1ncc(NCCn2cc(C)cn2)c(Cl)c1=O. The van der Waals surface area contributed by atoms with Crippen LogP contribution in [-0.4, -0.2) is 26.1 Å². The molecule has 0 atom stereocenters. The molecule has 0 radical (unpaired) electrons. The fourth-order valence-electron chi connectivity index (χ4n) is 1.73. The van der Waals surface area contributed by atoms with Crippen molar-refractivity contribution < 1.29 is 0 Å². The van der Waals surface area contributed by atoms with Gasteiger partial charge in [-0.1, -0.05) is 17.7 Å². The van der Waals surface area contributed by atoms with Gasteiger partial charge in [-0.15, -0.1) is 6.58 Å². The monoisotopic (exact) mass is 293 g/mol. The van der Waals surface area contributed by atoms with E-state index in [4.69, 9.17) is 11.6 Å². The minimum atomic E-state index is -0.327. The summed E-state index contributed by atoms with van der Waals surface area (Å²) in [6.45, 7) is 7.17. The first-order chi connectivity index (χ1) is 9.61. The summed E-state index contributed by atoms with van der Waals surface area (Å²) < 4.78 is 3.08. The zero-order valence-corrected chi connectivity index (χ0v) is 12.0. The number of aromatic nitrogens is 4. The molecule has 0 aliphatic carbocycles. The first-order valence-corrected chi connectivity index (χ1v) is 6.59. The number of nitrogens with one attached hydrogen (secondary N) is 1. The fraction of sp³-hybridized carbons (Fsp3) is 0.308. The molecule has 0 aromatic carbocycles. The van der Waals surface area contributed by atoms with Gasteiger partial charge in [-0.25, -0.2) is 4.68 Å². The molecule has 6 nitrogen and oxygen atoms in total. The lowest BCUT2D eigenvalue weighted by Gasteiger charge is -2.09. The summed E-state index contributed by atoms with van der Waals surface area (Å²) in [5, 5.41) is 11.4. The Morgan fingerprint density at radius 2 is 2.25 bits per heavy atom. The van der Waals surface area contributed by atoms with Crippen molar-refractivity contribution in [3.63, 3.8) is 0 Å². The Morgan fingerprint density at radius 3 is 2.90 bits per heavy atom. The lowest BCUT2D eigenvalue weighted by Crippen LogP contribution is -2.24. The van der Waals surface area contributed by atoms with Gasteiger partial charge in [0.15, 0.2) is 0 Å². The quantitative estimate of drug-likeness (QED) is 0.823. The summed E-state index contributed by atoms with van der Waals surface area (Å²) in [4.78, 5) is 11.9. The molecule has 0 spiro atoms. The van der Waals surface area contributed by atoms with Gasteiger partial charge >= 0.3 is 0 Å². The summed E-state index contributed by atoms with van der Waals surface area (Å²) in [7, 11) is 0. The van der Waals surface area contributed by atoms with E-state index in [1.165, 1.54) is 4.68 Å². The van der Waals surface area contributed by atoms with Gasteiger partial charge in [-0.05, 0) is 12.5 Å². The second kappa shape index (κ2) is 6.38. The van der Waals surface area contributed by atoms with E-state index in [1.54, 1.807) is 18.5 Å². The van der Waals surface area contributed by atoms with Gasteiger partial charge in [0.1, 0.15) is 5.02 Å². The number of anilines is 1. The summed E-state index contributed by atoms with van der Waals surface area (Å²) in [6, 6.07) is 0. The second-order valence-electron chi connectivity index (χ2n) is 4.36. The van der Waals surface area contributed by atoms with E-state index in [0.29, 0.717) is 25.3 Å².